The first-order valence-electron chi connectivity index (χ1n) is 12.3. The molecule has 9 N–H and O–H groups in total. The Hall–Kier alpha value is -3.09. The van der Waals surface area contributed by atoms with Gasteiger partial charge in [0.05, 0.1) is 6.04 Å². The number of H-pyrrole nitrogens is 1. The third-order valence-electron chi connectivity index (χ3n) is 6.01. The molecule has 4 unspecified atom stereocenters. The van der Waals surface area contributed by atoms with Gasteiger partial charge in [-0.3, -0.25) is 14.4 Å². The van der Waals surface area contributed by atoms with Crippen molar-refractivity contribution in [2.75, 3.05) is 18.6 Å². The molecule has 11 nitrogen and oxygen atoms in total. The third-order valence-corrected chi connectivity index (χ3v) is 6.65. The molecule has 0 saturated heterocycles. The van der Waals surface area contributed by atoms with Gasteiger partial charge in [0, 0.05) is 17.1 Å². The van der Waals surface area contributed by atoms with Crippen molar-refractivity contribution in [3.05, 3.63) is 36.0 Å². The second-order valence-corrected chi connectivity index (χ2v) is 9.91. The number of nitrogens with two attached hydrogens (primary N) is 2. The number of carbonyl (C=O) groups is 4. The van der Waals surface area contributed by atoms with Gasteiger partial charge >= 0.3 is 5.97 Å². The molecule has 0 spiro atoms. The van der Waals surface area contributed by atoms with Crippen LogP contribution in [0.5, 0.6) is 0 Å². The van der Waals surface area contributed by atoms with Crippen molar-refractivity contribution < 1.29 is 24.3 Å². The molecule has 12 heteroatoms. The van der Waals surface area contributed by atoms with Crippen molar-refractivity contribution in [1.29, 1.82) is 0 Å². The lowest BCUT2D eigenvalue weighted by molar-refractivity contribution is -0.142. The van der Waals surface area contributed by atoms with Crippen LogP contribution < -0.4 is 27.4 Å². The highest BCUT2D eigenvalue weighted by atomic mass is 32.2. The van der Waals surface area contributed by atoms with Crippen LogP contribution in [-0.2, 0) is 25.6 Å². The summed E-state index contributed by atoms with van der Waals surface area (Å²) < 4.78 is 0. The smallest absolute Gasteiger partial charge is 0.326 e. The molecule has 0 saturated carbocycles. The molecular formula is C25H38N6O5S. The Bertz CT molecular complexity index is 1060. The highest BCUT2D eigenvalue weighted by molar-refractivity contribution is 7.98. The maximum absolute atomic E-state index is 12.8. The molecule has 1 aromatic heterocycles. The normalized spacial score (nSPS) is 14.4. The number of carbonyl (C=O) groups excluding carboxylic acids is 3. The Morgan fingerprint density at radius 2 is 1.70 bits per heavy atom. The minimum absolute atomic E-state index is 0.238. The van der Waals surface area contributed by atoms with Crippen LogP contribution in [0.2, 0.25) is 0 Å². The number of aromatic amines is 1. The van der Waals surface area contributed by atoms with Crippen LogP contribution in [-0.4, -0.2) is 76.5 Å². The number of hydrogen-bond donors (Lipinski definition) is 7. The number of carboxylic acids is 1. The van der Waals surface area contributed by atoms with E-state index in [2.05, 4.69) is 20.9 Å². The zero-order valence-corrected chi connectivity index (χ0v) is 22.1. The fourth-order valence-electron chi connectivity index (χ4n) is 3.84. The molecule has 1 aromatic carbocycles. The molecule has 4 atom stereocenters. The minimum atomic E-state index is -1.15. The van der Waals surface area contributed by atoms with E-state index in [1.807, 2.05) is 36.7 Å². The number of carboxylic acid groups (broad SMARTS) is 1. The molecule has 37 heavy (non-hydrogen) atoms. The molecule has 0 aliphatic rings. The van der Waals surface area contributed by atoms with Crippen molar-refractivity contribution in [1.82, 2.24) is 20.9 Å². The number of unbranched alkanes of at least 4 members (excludes halogenated alkanes) is 1. The average Bonchev–Trinajstić information content (AvgIpc) is 3.28. The van der Waals surface area contributed by atoms with Gasteiger partial charge in [-0.2, -0.15) is 11.8 Å². The van der Waals surface area contributed by atoms with Crippen LogP contribution >= 0.6 is 11.8 Å². The number of nitrogens with one attached hydrogen (secondary N) is 4. The number of amides is 3. The molecule has 0 bridgehead atoms. The zero-order chi connectivity index (χ0) is 27.4. The molecule has 3 amide bonds. The van der Waals surface area contributed by atoms with Crippen LogP contribution in [0.15, 0.2) is 30.5 Å². The summed E-state index contributed by atoms with van der Waals surface area (Å²) in [4.78, 5) is 53.0. The molecule has 0 aliphatic heterocycles. The predicted octanol–water partition coefficient (Wildman–Crippen LogP) is 0.479. The van der Waals surface area contributed by atoms with Crippen LogP contribution in [0, 0.1) is 0 Å². The molecule has 204 valence electrons. The van der Waals surface area contributed by atoms with E-state index in [9.17, 15) is 24.3 Å². The van der Waals surface area contributed by atoms with E-state index in [4.69, 9.17) is 11.5 Å². The first kappa shape index (κ1) is 30.1. The van der Waals surface area contributed by atoms with Gasteiger partial charge in [-0.1, -0.05) is 18.2 Å². The number of thioether (sulfide) groups is 1. The lowest BCUT2D eigenvalue weighted by Crippen LogP contribution is -2.56. The summed E-state index contributed by atoms with van der Waals surface area (Å²) >= 11 is 1.49. The standard InChI is InChI=1S/C25H38N6O5S/c1-15(29-23(33)18(27)13-16-14-28-19-8-4-3-7-17(16)19)22(32)30-20(10-12-37-2)24(34)31-21(25(35)36)9-5-6-11-26/h3-4,7-8,14-15,18,20-21,28H,5-6,9-13,26-27H2,1-2H3,(H,29,33)(H,30,32)(H,31,34)(H,35,36). The largest absolute Gasteiger partial charge is 0.480 e. The quantitative estimate of drug-likeness (QED) is 0.151. The van der Waals surface area contributed by atoms with Gasteiger partial charge < -0.3 is 37.5 Å². The molecule has 0 radical (unpaired) electrons. The minimum Gasteiger partial charge on any atom is -0.480 e. The van der Waals surface area contributed by atoms with Gasteiger partial charge in [-0.25, -0.2) is 4.79 Å². The Balaban J connectivity index is 1.95. The van der Waals surface area contributed by atoms with Crippen LogP contribution in [0.1, 0.15) is 38.2 Å². The fourth-order valence-corrected chi connectivity index (χ4v) is 4.31. The summed E-state index contributed by atoms with van der Waals surface area (Å²) in [5.74, 6) is -2.23. The van der Waals surface area contributed by atoms with Crippen LogP contribution in [0.4, 0.5) is 0 Å². The van der Waals surface area contributed by atoms with Gasteiger partial charge in [0.1, 0.15) is 18.1 Å². The van der Waals surface area contributed by atoms with Gasteiger partial charge in [-0.15, -0.1) is 0 Å². The molecule has 0 fully saturated rings. The first-order chi connectivity index (χ1) is 17.7. The Labute approximate surface area is 220 Å². The SMILES string of the molecule is CSCCC(NC(=O)C(C)NC(=O)C(N)Cc1c[nH]c2ccccc12)C(=O)NC(CCCCN)C(=O)O. The van der Waals surface area contributed by atoms with Crippen molar-refractivity contribution in [2.24, 2.45) is 11.5 Å². The summed E-state index contributed by atoms with van der Waals surface area (Å²) in [6.45, 7) is 1.93. The maximum Gasteiger partial charge on any atom is 0.326 e. The van der Waals surface area contributed by atoms with Crippen molar-refractivity contribution >= 4 is 46.4 Å². The van der Waals surface area contributed by atoms with E-state index < -0.39 is 47.9 Å². The summed E-state index contributed by atoms with van der Waals surface area (Å²) in [5.41, 5.74) is 13.4. The Morgan fingerprint density at radius 1 is 1.00 bits per heavy atom. The van der Waals surface area contributed by atoms with E-state index in [-0.39, 0.29) is 12.8 Å². The predicted molar refractivity (Wildman–Crippen MR) is 145 cm³/mol. The highest BCUT2D eigenvalue weighted by Gasteiger charge is 2.28. The molecule has 2 rings (SSSR count). The number of hydrogen-bond acceptors (Lipinski definition) is 7. The lowest BCUT2D eigenvalue weighted by Gasteiger charge is -2.23. The van der Waals surface area contributed by atoms with Gasteiger partial charge in [0.25, 0.3) is 0 Å². The van der Waals surface area contributed by atoms with Crippen LogP contribution in [0.3, 0.4) is 0 Å². The summed E-state index contributed by atoms with van der Waals surface area (Å²) in [6, 6.07) is 3.82. The van der Waals surface area contributed by atoms with Gasteiger partial charge in [0.2, 0.25) is 17.7 Å². The Kier molecular flexibility index (Phi) is 12.4. The highest BCUT2D eigenvalue weighted by Crippen LogP contribution is 2.18. The maximum atomic E-state index is 12.8. The van der Waals surface area contributed by atoms with Crippen molar-refractivity contribution in [2.45, 2.75) is 63.2 Å². The number of aliphatic carboxylic acids is 1. The molecule has 2 aromatic rings. The zero-order valence-electron chi connectivity index (χ0n) is 21.3. The average molecular weight is 535 g/mol. The van der Waals surface area contributed by atoms with Gasteiger partial charge in [0.15, 0.2) is 0 Å². The summed E-state index contributed by atoms with van der Waals surface area (Å²) in [5, 5.41) is 18.2. The summed E-state index contributed by atoms with van der Waals surface area (Å²) in [6.07, 6.45) is 5.69. The second kappa shape index (κ2) is 15.2. The van der Waals surface area contributed by atoms with Crippen molar-refractivity contribution in [3.63, 3.8) is 0 Å². The van der Waals surface area contributed by atoms with E-state index in [1.165, 1.54) is 18.7 Å². The van der Waals surface area contributed by atoms with E-state index in [0.717, 1.165) is 16.5 Å². The topological polar surface area (TPSA) is 192 Å². The van der Waals surface area contributed by atoms with Gasteiger partial charge in [-0.05, 0) is 69.2 Å². The number of fused-ring (bicyclic) bond motifs is 1. The lowest BCUT2D eigenvalue weighted by atomic mass is 10.0. The number of benzene rings is 1. The number of para-hydroxylation sites is 1. The van der Waals surface area contributed by atoms with Crippen LogP contribution in [0.25, 0.3) is 10.9 Å². The second-order valence-electron chi connectivity index (χ2n) is 8.93. The third kappa shape index (κ3) is 9.38. The number of rotatable bonds is 16. The fraction of sp³-hybridized carbons (Fsp3) is 0.520. The monoisotopic (exact) mass is 534 g/mol. The van der Waals surface area contributed by atoms with E-state index in [1.54, 1.807) is 0 Å². The van der Waals surface area contributed by atoms with E-state index in [0.29, 0.717) is 31.6 Å². The summed E-state index contributed by atoms with van der Waals surface area (Å²) in [7, 11) is 0. The molecule has 1 heterocycles. The first-order valence-corrected chi connectivity index (χ1v) is 13.7. The molecular weight excluding hydrogens is 496 g/mol. The Morgan fingerprint density at radius 3 is 2.38 bits per heavy atom. The van der Waals surface area contributed by atoms with E-state index >= 15 is 0 Å². The molecule has 0 aliphatic carbocycles. The van der Waals surface area contributed by atoms with Crippen molar-refractivity contribution in [3.8, 4) is 0 Å². The number of aromatic nitrogens is 1.